The number of anilines is 1. The number of nitrogens with zero attached hydrogens (tertiary/aromatic N) is 1. The molecule has 2 atom stereocenters. The lowest BCUT2D eigenvalue weighted by Gasteiger charge is -2.27. The molecule has 0 bridgehead atoms. The second kappa shape index (κ2) is 6.29. The molecule has 0 spiro atoms. The Balaban J connectivity index is 2.32. The van der Waals surface area contributed by atoms with Gasteiger partial charge in [0.25, 0.3) is 0 Å². The Morgan fingerprint density at radius 2 is 2.11 bits per heavy atom. The summed E-state index contributed by atoms with van der Waals surface area (Å²) in [5, 5.41) is 10.1. The molecule has 1 aliphatic rings. The highest BCUT2D eigenvalue weighted by molar-refractivity contribution is 5.60. The molecule has 0 radical (unpaired) electrons. The van der Waals surface area contributed by atoms with E-state index in [1.165, 1.54) is 19.3 Å². The first-order chi connectivity index (χ1) is 9.13. The van der Waals surface area contributed by atoms with Crippen LogP contribution in [0.1, 0.15) is 44.8 Å². The number of aliphatic hydroxyl groups is 1. The van der Waals surface area contributed by atoms with Crippen molar-refractivity contribution in [3.63, 3.8) is 0 Å². The number of benzene rings is 1. The van der Waals surface area contributed by atoms with Gasteiger partial charge in [0.2, 0.25) is 0 Å². The topological polar surface area (TPSA) is 32.7 Å². The molecular formula is C16H25NO2. The van der Waals surface area contributed by atoms with E-state index in [9.17, 15) is 5.11 Å². The van der Waals surface area contributed by atoms with Crippen molar-refractivity contribution in [1.82, 2.24) is 0 Å². The third-order valence-corrected chi connectivity index (χ3v) is 4.04. The fraction of sp³-hybridized carbons (Fsp3) is 0.625. The molecule has 1 aromatic rings. The van der Waals surface area contributed by atoms with Gasteiger partial charge in [0.15, 0.2) is 0 Å². The number of hydrogen-bond donors (Lipinski definition) is 1. The van der Waals surface area contributed by atoms with Crippen molar-refractivity contribution in [3.8, 4) is 5.75 Å². The molecule has 3 heteroatoms. The van der Waals surface area contributed by atoms with Crippen LogP contribution in [0.2, 0.25) is 0 Å². The van der Waals surface area contributed by atoms with Gasteiger partial charge in [-0.1, -0.05) is 13.0 Å². The maximum absolute atomic E-state index is 10.1. The van der Waals surface area contributed by atoms with Crippen LogP contribution in [0.3, 0.4) is 0 Å². The van der Waals surface area contributed by atoms with Gasteiger partial charge < -0.3 is 14.7 Å². The van der Waals surface area contributed by atoms with Crippen molar-refractivity contribution in [2.24, 2.45) is 5.92 Å². The van der Waals surface area contributed by atoms with Gasteiger partial charge in [0.1, 0.15) is 5.75 Å². The molecule has 19 heavy (non-hydrogen) atoms. The Labute approximate surface area is 116 Å². The SMILES string of the molecule is COc1cccc(N2CCCC(C)CC2)c1C(C)O. The molecule has 0 saturated carbocycles. The molecule has 0 amide bonds. The molecule has 2 rings (SSSR count). The monoisotopic (exact) mass is 263 g/mol. The van der Waals surface area contributed by atoms with Gasteiger partial charge in [-0.25, -0.2) is 0 Å². The highest BCUT2D eigenvalue weighted by Crippen LogP contribution is 2.35. The zero-order valence-corrected chi connectivity index (χ0v) is 12.2. The lowest BCUT2D eigenvalue weighted by Crippen LogP contribution is -2.25. The van der Waals surface area contributed by atoms with Gasteiger partial charge in [-0.15, -0.1) is 0 Å². The molecule has 0 aromatic heterocycles. The van der Waals surface area contributed by atoms with Crippen LogP contribution < -0.4 is 9.64 Å². The third-order valence-electron chi connectivity index (χ3n) is 4.04. The van der Waals surface area contributed by atoms with E-state index in [2.05, 4.69) is 17.9 Å². The van der Waals surface area contributed by atoms with Gasteiger partial charge in [-0.2, -0.15) is 0 Å². The van der Waals surface area contributed by atoms with E-state index >= 15 is 0 Å². The molecule has 106 valence electrons. The Bertz CT molecular complexity index is 417. The molecule has 1 N–H and O–H groups in total. The summed E-state index contributed by atoms with van der Waals surface area (Å²) in [6.45, 7) is 6.26. The Morgan fingerprint density at radius 1 is 1.32 bits per heavy atom. The summed E-state index contributed by atoms with van der Waals surface area (Å²) in [7, 11) is 1.66. The maximum Gasteiger partial charge on any atom is 0.126 e. The highest BCUT2D eigenvalue weighted by atomic mass is 16.5. The molecule has 1 heterocycles. The number of rotatable bonds is 3. The molecule has 3 nitrogen and oxygen atoms in total. The first kappa shape index (κ1) is 14.2. The van der Waals surface area contributed by atoms with Crippen molar-refractivity contribution in [2.75, 3.05) is 25.1 Å². The van der Waals surface area contributed by atoms with E-state index in [0.29, 0.717) is 0 Å². The maximum atomic E-state index is 10.1. The van der Waals surface area contributed by atoms with Crippen LogP contribution in [0.5, 0.6) is 5.75 Å². The summed E-state index contributed by atoms with van der Waals surface area (Å²) >= 11 is 0. The quantitative estimate of drug-likeness (QED) is 0.907. The first-order valence-corrected chi connectivity index (χ1v) is 7.23. The summed E-state index contributed by atoms with van der Waals surface area (Å²) < 4.78 is 5.40. The predicted molar refractivity (Wildman–Crippen MR) is 78.9 cm³/mol. The van der Waals surface area contributed by atoms with Crippen LogP contribution in [0, 0.1) is 5.92 Å². The molecule has 1 aromatic carbocycles. The number of aliphatic hydroxyl groups excluding tert-OH is 1. The fourth-order valence-corrected chi connectivity index (χ4v) is 2.91. The van der Waals surface area contributed by atoms with Gasteiger partial charge in [0, 0.05) is 24.3 Å². The number of methoxy groups -OCH3 is 1. The van der Waals surface area contributed by atoms with Gasteiger partial charge in [-0.3, -0.25) is 0 Å². The molecule has 1 fully saturated rings. The largest absolute Gasteiger partial charge is 0.496 e. The van der Waals surface area contributed by atoms with Crippen LogP contribution in [0.15, 0.2) is 18.2 Å². The van der Waals surface area contributed by atoms with Gasteiger partial charge >= 0.3 is 0 Å². The lowest BCUT2D eigenvalue weighted by atomic mass is 10.0. The number of ether oxygens (including phenoxy) is 1. The van der Waals surface area contributed by atoms with Crippen LogP contribution in [0.25, 0.3) is 0 Å². The predicted octanol–water partition coefficient (Wildman–Crippen LogP) is 3.37. The Hall–Kier alpha value is -1.22. The van der Waals surface area contributed by atoms with Crippen molar-refractivity contribution in [1.29, 1.82) is 0 Å². The Kier molecular flexibility index (Phi) is 4.70. The highest BCUT2D eigenvalue weighted by Gasteiger charge is 2.20. The van der Waals surface area contributed by atoms with E-state index < -0.39 is 6.10 Å². The minimum atomic E-state index is -0.508. The van der Waals surface area contributed by atoms with E-state index in [1.54, 1.807) is 7.11 Å². The smallest absolute Gasteiger partial charge is 0.126 e. The van der Waals surface area contributed by atoms with E-state index in [1.807, 2.05) is 19.1 Å². The van der Waals surface area contributed by atoms with Crippen molar-refractivity contribution in [3.05, 3.63) is 23.8 Å². The molecule has 1 aliphatic heterocycles. The van der Waals surface area contributed by atoms with Crippen LogP contribution in [0.4, 0.5) is 5.69 Å². The zero-order valence-electron chi connectivity index (χ0n) is 12.2. The fourth-order valence-electron chi connectivity index (χ4n) is 2.91. The standard InChI is InChI=1S/C16H25NO2/c1-12-6-5-10-17(11-9-12)14-7-4-8-15(19-3)16(14)13(2)18/h4,7-8,12-13,18H,5-6,9-11H2,1-3H3. The van der Waals surface area contributed by atoms with Crippen molar-refractivity contribution < 1.29 is 9.84 Å². The normalized spacial score (nSPS) is 21.9. The van der Waals surface area contributed by atoms with Gasteiger partial charge in [-0.05, 0) is 44.2 Å². The second-order valence-corrected chi connectivity index (χ2v) is 5.59. The minimum Gasteiger partial charge on any atom is -0.496 e. The van der Waals surface area contributed by atoms with Crippen LogP contribution >= 0.6 is 0 Å². The minimum absolute atomic E-state index is 0.508. The summed E-state index contributed by atoms with van der Waals surface area (Å²) in [4.78, 5) is 2.40. The van der Waals surface area contributed by atoms with Crippen molar-refractivity contribution >= 4 is 5.69 Å². The molecule has 1 saturated heterocycles. The number of hydrogen-bond acceptors (Lipinski definition) is 3. The summed E-state index contributed by atoms with van der Waals surface area (Å²) in [6, 6.07) is 6.03. The van der Waals surface area contributed by atoms with E-state index in [-0.39, 0.29) is 0 Å². The summed E-state index contributed by atoms with van der Waals surface area (Å²) in [6.07, 6.45) is 3.23. The molecule has 2 unspecified atom stereocenters. The summed E-state index contributed by atoms with van der Waals surface area (Å²) in [5.74, 6) is 1.58. The second-order valence-electron chi connectivity index (χ2n) is 5.59. The average Bonchev–Trinajstić information content (AvgIpc) is 2.62. The zero-order chi connectivity index (χ0) is 13.8. The van der Waals surface area contributed by atoms with Crippen LogP contribution in [-0.4, -0.2) is 25.3 Å². The van der Waals surface area contributed by atoms with Crippen molar-refractivity contribution in [2.45, 2.75) is 39.2 Å². The average molecular weight is 263 g/mol. The summed E-state index contributed by atoms with van der Waals surface area (Å²) in [5.41, 5.74) is 2.04. The van der Waals surface area contributed by atoms with Crippen LogP contribution in [-0.2, 0) is 0 Å². The molecular weight excluding hydrogens is 238 g/mol. The molecule has 0 aliphatic carbocycles. The van der Waals surface area contributed by atoms with E-state index in [4.69, 9.17) is 4.74 Å². The van der Waals surface area contributed by atoms with Gasteiger partial charge in [0.05, 0.1) is 13.2 Å². The first-order valence-electron chi connectivity index (χ1n) is 7.23. The third kappa shape index (κ3) is 3.21. The van der Waals surface area contributed by atoms with E-state index in [0.717, 1.165) is 36.0 Å². The lowest BCUT2D eigenvalue weighted by molar-refractivity contribution is 0.194. The Morgan fingerprint density at radius 3 is 2.79 bits per heavy atom.